The van der Waals surface area contributed by atoms with E-state index in [-0.39, 0.29) is 5.91 Å². The summed E-state index contributed by atoms with van der Waals surface area (Å²) in [7, 11) is 1.52. The average molecular weight is 290 g/mol. The zero-order chi connectivity index (χ0) is 15.2. The molecule has 4 N–H and O–H groups in total. The molecular weight excluding hydrogens is 272 g/mol. The summed E-state index contributed by atoms with van der Waals surface area (Å²) in [5, 5.41) is 9.41. The summed E-state index contributed by atoms with van der Waals surface area (Å²) in [5.74, 6) is 1.23. The highest BCUT2D eigenvalue weighted by atomic mass is 16.5. The summed E-state index contributed by atoms with van der Waals surface area (Å²) in [6.45, 7) is 2.65. The van der Waals surface area contributed by atoms with E-state index in [1.54, 1.807) is 24.3 Å². The van der Waals surface area contributed by atoms with Gasteiger partial charge in [0.15, 0.2) is 17.3 Å². The van der Waals surface area contributed by atoms with Gasteiger partial charge in [0.25, 0.3) is 5.91 Å². The number of hydrogen-bond acceptors (Lipinski definition) is 5. The molecule has 21 heavy (non-hydrogen) atoms. The molecule has 7 heteroatoms. The highest BCUT2D eigenvalue weighted by molar-refractivity contribution is 6.04. The Labute approximate surface area is 122 Å². The third-order valence-electron chi connectivity index (χ3n) is 2.75. The Balaban J connectivity index is 2.13. The Kier molecular flexibility index (Phi) is 4.78. The molecule has 0 unspecified atom stereocenters. The third-order valence-corrected chi connectivity index (χ3v) is 2.75. The lowest BCUT2D eigenvalue weighted by atomic mass is 10.2. The van der Waals surface area contributed by atoms with Crippen molar-refractivity contribution in [2.75, 3.05) is 25.6 Å². The Hall–Kier alpha value is -2.54. The van der Waals surface area contributed by atoms with Crippen LogP contribution in [0.5, 0.6) is 11.5 Å². The second-order valence-electron chi connectivity index (χ2n) is 4.39. The van der Waals surface area contributed by atoms with Gasteiger partial charge in [0, 0.05) is 23.9 Å². The van der Waals surface area contributed by atoms with E-state index in [0.717, 1.165) is 5.69 Å². The van der Waals surface area contributed by atoms with Crippen LogP contribution in [0.4, 0.5) is 5.82 Å². The van der Waals surface area contributed by atoms with Crippen molar-refractivity contribution in [1.29, 1.82) is 0 Å². The van der Waals surface area contributed by atoms with E-state index in [9.17, 15) is 4.79 Å². The molecule has 0 radical (unpaired) electrons. The summed E-state index contributed by atoms with van der Waals surface area (Å²) < 4.78 is 10.7. The summed E-state index contributed by atoms with van der Waals surface area (Å²) in [6.07, 6.45) is 0. The number of rotatable bonds is 6. The summed E-state index contributed by atoms with van der Waals surface area (Å²) in [4.78, 5) is 12.1. The molecule has 0 bridgehead atoms. The monoisotopic (exact) mass is 290 g/mol. The number of nitrogens with two attached hydrogens (primary N) is 1. The molecule has 0 atom stereocenters. The number of benzene rings is 1. The fraction of sp³-hybridized carbons (Fsp3) is 0.286. The number of hydrogen-bond donors (Lipinski definition) is 3. The smallest absolute Gasteiger partial charge is 0.257 e. The highest BCUT2D eigenvalue weighted by Crippen LogP contribution is 2.28. The summed E-state index contributed by atoms with van der Waals surface area (Å²) >= 11 is 0. The Morgan fingerprint density at radius 2 is 2.19 bits per heavy atom. The van der Waals surface area contributed by atoms with Gasteiger partial charge >= 0.3 is 0 Å². The first-order chi connectivity index (χ1) is 10.1. The van der Waals surface area contributed by atoms with Crippen LogP contribution in [0.3, 0.4) is 0 Å². The van der Waals surface area contributed by atoms with Crippen molar-refractivity contribution in [3.63, 3.8) is 0 Å². The maximum absolute atomic E-state index is 12.1. The van der Waals surface area contributed by atoms with Gasteiger partial charge in [0.2, 0.25) is 0 Å². The first-order valence-corrected chi connectivity index (χ1v) is 6.48. The molecule has 1 heterocycles. The molecule has 0 saturated carbocycles. The van der Waals surface area contributed by atoms with Gasteiger partial charge in [0.05, 0.1) is 7.11 Å². The maximum Gasteiger partial charge on any atom is 0.257 e. The maximum atomic E-state index is 12.1. The number of ether oxygens (including phenoxy) is 2. The number of carbonyl (C=O) groups excluding carboxylic acids is 1. The van der Waals surface area contributed by atoms with E-state index in [2.05, 4.69) is 15.5 Å². The van der Waals surface area contributed by atoms with Crippen LogP contribution in [0, 0.1) is 6.92 Å². The quantitative estimate of drug-likeness (QED) is 0.744. The largest absolute Gasteiger partial charge is 0.493 e. The average Bonchev–Trinajstić information content (AvgIpc) is 2.90. The van der Waals surface area contributed by atoms with Gasteiger partial charge in [-0.1, -0.05) is 0 Å². The number of H-pyrrole nitrogens is 1. The van der Waals surface area contributed by atoms with E-state index in [4.69, 9.17) is 15.2 Å². The van der Waals surface area contributed by atoms with Crippen molar-refractivity contribution in [3.8, 4) is 11.5 Å². The molecule has 0 aliphatic heterocycles. The van der Waals surface area contributed by atoms with Crippen LogP contribution in [0.25, 0.3) is 0 Å². The number of aryl methyl sites for hydroxylation is 1. The molecule has 0 aliphatic rings. The molecule has 112 valence electrons. The van der Waals surface area contributed by atoms with Gasteiger partial charge in [-0.25, -0.2) is 0 Å². The van der Waals surface area contributed by atoms with Crippen LogP contribution in [-0.4, -0.2) is 36.4 Å². The number of nitrogens with one attached hydrogen (secondary N) is 2. The van der Waals surface area contributed by atoms with Gasteiger partial charge in [-0.3, -0.25) is 9.89 Å². The van der Waals surface area contributed by atoms with E-state index in [1.807, 2.05) is 6.92 Å². The van der Waals surface area contributed by atoms with Crippen LogP contribution in [0.2, 0.25) is 0 Å². The minimum Gasteiger partial charge on any atom is -0.493 e. The van der Waals surface area contributed by atoms with Crippen LogP contribution in [0.1, 0.15) is 16.1 Å². The van der Waals surface area contributed by atoms with Crippen molar-refractivity contribution in [2.45, 2.75) is 6.92 Å². The highest BCUT2D eigenvalue weighted by Gasteiger charge is 2.12. The van der Waals surface area contributed by atoms with Crippen molar-refractivity contribution < 1.29 is 14.3 Å². The molecule has 2 aromatic rings. The lowest BCUT2D eigenvalue weighted by molar-refractivity contribution is 0.102. The zero-order valence-corrected chi connectivity index (χ0v) is 12.0. The fourth-order valence-corrected chi connectivity index (χ4v) is 1.77. The number of amides is 1. The van der Waals surface area contributed by atoms with Gasteiger partial charge in [0.1, 0.15) is 6.61 Å². The molecule has 1 amide bonds. The normalized spacial score (nSPS) is 10.2. The van der Waals surface area contributed by atoms with E-state index in [1.165, 1.54) is 7.11 Å². The second-order valence-corrected chi connectivity index (χ2v) is 4.39. The molecule has 0 spiro atoms. The van der Waals surface area contributed by atoms with Crippen molar-refractivity contribution >= 4 is 11.7 Å². The standard InChI is InChI=1S/C14H18N4O3/c1-9-7-13(18-17-9)16-14(19)10-3-4-11(21-6-5-15)12(8-10)20-2/h3-4,7-8H,5-6,15H2,1-2H3,(H2,16,17,18,19). The Morgan fingerprint density at radius 1 is 1.38 bits per heavy atom. The minimum absolute atomic E-state index is 0.273. The van der Waals surface area contributed by atoms with Crippen LogP contribution in [0.15, 0.2) is 24.3 Å². The van der Waals surface area contributed by atoms with Gasteiger partial charge in [-0.05, 0) is 25.1 Å². The van der Waals surface area contributed by atoms with Crippen LogP contribution < -0.4 is 20.5 Å². The summed E-state index contributed by atoms with van der Waals surface area (Å²) in [6, 6.07) is 6.69. The lowest BCUT2D eigenvalue weighted by Gasteiger charge is -2.11. The molecule has 2 rings (SSSR count). The van der Waals surface area contributed by atoms with Gasteiger partial charge in [-0.2, -0.15) is 5.10 Å². The third kappa shape index (κ3) is 3.73. The SMILES string of the molecule is COc1cc(C(=O)Nc2cc(C)[nH]n2)ccc1OCCN. The number of aromatic nitrogens is 2. The molecular formula is C14H18N4O3. The number of carbonyl (C=O) groups is 1. The van der Waals surface area contributed by atoms with Crippen molar-refractivity contribution in [2.24, 2.45) is 5.73 Å². The topological polar surface area (TPSA) is 102 Å². The predicted octanol–water partition coefficient (Wildman–Crippen LogP) is 1.32. The van der Waals surface area contributed by atoms with Crippen molar-refractivity contribution in [3.05, 3.63) is 35.5 Å². The molecule has 1 aromatic heterocycles. The van der Waals surface area contributed by atoms with E-state index >= 15 is 0 Å². The van der Waals surface area contributed by atoms with Gasteiger partial charge in [-0.15, -0.1) is 0 Å². The number of aromatic amines is 1. The first-order valence-electron chi connectivity index (χ1n) is 6.48. The van der Waals surface area contributed by atoms with Gasteiger partial charge < -0.3 is 20.5 Å². The van der Waals surface area contributed by atoms with Crippen molar-refractivity contribution in [1.82, 2.24) is 10.2 Å². The van der Waals surface area contributed by atoms with Crippen LogP contribution >= 0.6 is 0 Å². The number of anilines is 1. The molecule has 7 nitrogen and oxygen atoms in total. The Morgan fingerprint density at radius 3 is 2.81 bits per heavy atom. The first kappa shape index (κ1) is 14.9. The Bertz CT molecular complexity index is 624. The van der Waals surface area contributed by atoms with E-state index in [0.29, 0.717) is 36.0 Å². The molecule has 1 aromatic carbocycles. The lowest BCUT2D eigenvalue weighted by Crippen LogP contribution is -2.13. The van der Waals surface area contributed by atoms with Crippen LogP contribution in [-0.2, 0) is 0 Å². The fourth-order valence-electron chi connectivity index (χ4n) is 1.77. The minimum atomic E-state index is -0.273. The molecule has 0 aliphatic carbocycles. The zero-order valence-electron chi connectivity index (χ0n) is 12.0. The molecule has 0 fully saturated rings. The van der Waals surface area contributed by atoms with E-state index < -0.39 is 0 Å². The summed E-state index contributed by atoms with van der Waals surface area (Å²) in [5.41, 5.74) is 6.71. The molecule has 0 saturated heterocycles. The number of methoxy groups -OCH3 is 1. The number of nitrogens with zero attached hydrogens (tertiary/aromatic N) is 1. The predicted molar refractivity (Wildman–Crippen MR) is 78.8 cm³/mol. The second kappa shape index (κ2) is 6.76.